The van der Waals surface area contributed by atoms with E-state index in [2.05, 4.69) is 10.3 Å². The summed E-state index contributed by atoms with van der Waals surface area (Å²) in [5, 5.41) is 3.47. The Balaban J connectivity index is 1.45. The molecule has 1 aromatic heterocycles. The molecule has 4 aromatic rings. The van der Waals surface area contributed by atoms with Gasteiger partial charge in [-0.2, -0.15) is 0 Å². The number of nitrogens with one attached hydrogen (secondary N) is 1. The van der Waals surface area contributed by atoms with E-state index in [1.165, 1.54) is 11.0 Å². The highest BCUT2D eigenvalue weighted by molar-refractivity contribution is 7.80. The number of rotatable bonds is 5. The first kappa shape index (κ1) is 23.5. The average Bonchev–Trinajstić information content (AvgIpc) is 2.88. The number of fused-ring (bicyclic) bond motifs is 1. The number of hydrogen-bond donors (Lipinski definition) is 1. The zero-order valence-electron chi connectivity index (χ0n) is 18.9. The molecule has 9 heteroatoms. The Kier molecular flexibility index (Phi) is 6.37. The summed E-state index contributed by atoms with van der Waals surface area (Å²) in [5.41, 5.74) is 1.41. The number of nitrogens with zero attached hydrogens (tertiary/aromatic N) is 2. The van der Waals surface area contributed by atoms with Crippen LogP contribution in [0, 0.1) is 0 Å². The first-order valence-electron chi connectivity index (χ1n) is 10.8. The molecule has 36 heavy (non-hydrogen) atoms. The normalized spacial score (nSPS) is 14.8. The number of aromatic nitrogens is 1. The van der Waals surface area contributed by atoms with Crippen molar-refractivity contribution in [3.8, 4) is 17.2 Å². The topological polar surface area (TPSA) is 80.8 Å². The van der Waals surface area contributed by atoms with Gasteiger partial charge in [0.2, 0.25) is 0 Å². The fourth-order valence-electron chi connectivity index (χ4n) is 3.70. The molecule has 1 aliphatic rings. The van der Waals surface area contributed by atoms with Gasteiger partial charge in [0.1, 0.15) is 28.0 Å². The third-order valence-electron chi connectivity index (χ3n) is 5.48. The number of ether oxygens (including phenoxy) is 2. The van der Waals surface area contributed by atoms with Crippen LogP contribution in [0.25, 0.3) is 17.0 Å². The molecule has 1 saturated heterocycles. The number of pyridine rings is 1. The summed E-state index contributed by atoms with van der Waals surface area (Å²) in [7, 11) is 1.56. The highest BCUT2D eigenvalue weighted by Gasteiger charge is 2.34. The van der Waals surface area contributed by atoms with Crippen molar-refractivity contribution in [3.63, 3.8) is 0 Å². The van der Waals surface area contributed by atoms with Crippen molar-refractivity contribution in [1.82, 2.24) is 10.3 Å². The van der Waals surface area contributed by atoms with E-state index in [9.17, 15) is 9.59 Å². The molecule has 2 heterocycles. The highest BCUT2D eigenvalue weighted by Crippen LogP contribution is 2.29. The zero-order chi connectivity index (χ0) is 25.2. The summed E-state index contributed by atoms with van der Waals surface area (Å²) in [5.74, 6) is 0.725. The summed E-state index contributed by atoms with van der Waals surface area (Å²) in [6.45, 7) is 0. The maximum absolute atomic E-state index is 13.4. The molecule has 0 radical (unpaired) electrons. The van der Waals surface area contributed by atoms with Gasteiger partial charge < -0.3 is 9.47 Å². The number of methoxy groups -OCH3 is 1. The molecule has 1 aliphatic heterocycles. The monoisotopic (exact) mass is 515 g/mol. The number of carbonyl (C=O) groups excluding carboxylic acids is 2. The van der Waals surface area contributed by atoms with Gasteiger partial charge in [-0.25, -0.2) is 4.98 Å². The minimum Gasteiger partial charge on any atom is -0.497 e. The second-order valence-corrected chi connectivity index (χ2v) is 8.54. The van der Waals surface area contributed by atoms with Crippen LogP contribution in [0.1, 0.15) is 5.56 Å². The quantitative estimate of drug-likeness (QED) is 0.163. The summed E-state index contributed by atoms with van der Waals surface area (Å²) in [4.78, 5) is 31.7. The Bertz CT molecular complexity index is 1540. The van der Waals surface area contributed by atoms with E-state index in [1.807, 2.05) is 36.4 Å². The molecular weight excluding hydrogens is 498 g/mol. The van der Waals surface area contributed by atoms with E-state index in [0.717, 1.165) is 5.39 Å². The number of halogens is 1. The molecule has 178 valence electrons. The number of carbonyl (C=O) groups is 2. The van der Waals surface area contributed by atoms with Crippen LogP contribution in [0.2, 0.25) is 5.15 Å². The molecule has 0 bridgehead atoms. The SMILES string of the molecule is COc1ccc2cc(C=C3C(=O)NC(=S)N(c4ccc(Oc5ccccc5)cc4)C3=O)c(Cl)nc2c1. The third-order valence-corrected chi connectivity index (χ3v) is 6.07. The standard InChI is InChI=1S/C27H18ClN3O4S/c1-34-21-10-7-16-13-17(24(28)29-23(16)15-21)14-22-25(32)30-27(36)31(26(22)33)18-8-11-20(12-9-18)35-19-5-3-2-4-6-19/h2-15H,1H3,(H,30,32,36). The lowest BCUT2D eigenvalue weighted by Crippen LogP contribution is -2.54. The number of amides is 2. The molecule has 0 spiro atoms. The summed E-state index contributed by atoms with van der Waals surface area (Å²) < 4.78 is 11.0. The van der Waals surface area contributed by atoms with Crippen LogP contribution in [0.5, 0.6) is 17.2 Å². The largest absolute Gasteiger partial charge is 0.497 e. The number of para-hydroxylation sites is 1. The van der Waals surface area contributed by atoms with Crippen molar-refractivity contribution in [2.75, 3.05) is 12.0 Å². The van der Waals surface area contributed by atoms with Crippen LogP contribution in [0.4, 0.5) is 5.69 Å². The second-order valence-electron chi connectivity index (χ2n) is 7.79. The Morgan fingerprint density at radius 1 is 0.944 bits per heavy atom. The molecule has 5 rings (SSSR count). The van der Waals surface area contributed by atoms with E-state index < -0.39 is 11.8 Å². The Labute approximate surface area is 216 Å². The molecule has 1 fully saturated rings. The maximum Gasteiger partial charge on any atom is 0.270 e. The molecule has 2 amide bonds. The predicted octanol–water partition coefficient (Wildman–Crippen LogP) is 5.52. The molecule has 0 saturated carbocycles. The van der Waals surface area contributed by atoms with Gasteiger partial charge in [-0.3, -0.25) is 19.8 Å². The van der Waals surface area contributed by atoms with E-state index in [-0.39, 0.29) is 15.8 Å². The van der Waals surface area contributed by atoms with Crippen LogP contribution in [-0.4, -0.2) is 29.0 Å². The van der Waals surface area contributed by atoms with Gasteiger partial charge in [0.05, 0.1) is 18.3 Å². The van der Waals surface area contributed by atoms with Crippen molar-refractivity contribution < 1.29 is 19.1 Å². The minimum atomic E-state index is -0.615. The van der Waals surface area contributed by atoms with Crippen LogP contribution >= 0.6 is 23.8 Å². The third kappa shape index (κ3) is 4.64. The number of thiocarbonyl (C=S) groups is 1. The van der Waals surface area contributed by atoms with Gasteiger partial charge in [-0.05, 0) is 72.9 Å². The smallest absolute Gasteiger partial charge is 0.270 e. The van der Waals surface area contributed by atoms with Crippen molar-refractivity contribution >= 4 is 63.4 Å². The van der Waals surface area contributed by atoms with Gasteiger partial charge in [-0.1, -0.05) is 29.8 Å². The molecule has 7 nitrogen and oxygen atoms in total. The molecule has 3 aromatic carbocycles. The second kappa shape index (κ2) is 9.77. The molecular formula is C27H18ClN3O4S. The summed E-state index contributed by atoms with van der Waals surface area (Å²) >= 11 is 11.7. The van der Waals surface area contributed by atoms with Crippen molar-refractivity contribution in [2.45, 2.75) is 0 Å². The van der Waals surface area contributed by atoms with Gasteiger partial charge in [-0.15, -0.1) is 0 Å². The van der Waals surface area contributed by atoms with E-state index >= 15 is 0 Å². The fraction of sp³-hybridized carbons (Fsp3) is 0.0370. The Morgan fingerprint density at radius 2 is 1.64 bits per heavy atom. The maximum atomic E-state index is 13.4. The van der Waals surface area contributed by atoms with Crippen molar-refractivity contribution in [1.29, 1.82) is 0 Å². The average molecular weight is 516 g/mol. The zero-order valence-corrected chi connectivity index (χ0v) is 20.5. The lowest BCUT2D eigenvalue weighted by atomic mass is 10.1. The predicted molar refractivity (Wildman–Crippen MR) is 142 cm³/mol. The lowest BCUT2D eigenvalue weighted by molar-refractivity contribution is -0.122. The first-order chi connectivity index (χ1) is 17.4. The molecule has 0 unspecified atom stereocenters. The van der Waals surface area contributed by atoms with E-state index in [0.29, 0.717) is 34.0 Å². The fourth-order valence-corrected chi connectivity index (χ4v) is 4.18. The molecule has 0 aliphatic carbocycles. The first-order valence-corrected chi connectivity index (χ1v) is 11.6. The number of benzene rings is 3. The van der Waals surface area contributed by atoms with E-state index in [4.69, 9.17) is 33.3 Å². The van der Waals surface area contributed by atoms with Gasteiger partial charge >= 0.3 is 0 Å². The Hall–Kier alpha value is -4.27. The van der Waals surface area contributed by atoms with Gasteiger partial charge in [0.15, 0.2) is 5.11 Å². The highest BCUT2D eigenvalue weighted by atomic mass is 35.5. The van der Waals surface area contributed by atoms with Crippen molar-refractivity contribution in [2.24, 2.45) is 0 Å². The van der Waals surface area contributed by atoms with Crippen LogP contribution in [0.3, 0.4) is 0 Å². The van der Waals surface area contributed by atoms with Gasteiger partial charge in [0.25, 0.3) is 11.8 Å². The van der Waals surface area contributed by atoms with Crippen LogP contribution in [-0.2, 0) is 9.59 Å². The van der Waals surface area contributed by atoms with Gasteiger partial charge in [0, 0.05) is 17.0 Å². The summed E-state index contributed by atoms with van der Waals surface area (Å²) in [6.07, 6.45) is 1.42. The number of anilines is 1. The molecule has 1 N–H and O–H groups in total. The van der Waals surface area contributed by atoms with Crippen molar-refractivity contribution in [3.05, 3.63) is 95.2 Å². The lowest BCUT2D eigenvalue weighted by Gasteiger charge is -2.29. The van der Waals surface area contributed by atoms with Crippen LogP contribution < -0.4 is 19.7 Å². The number of hydrogen-bond acceptors (Lipinski definition) is 6. The molecule has 0 atom stereocenters. The minimum absolute atomic E-state index is 0.0197. The summed E-state index contributed by atoms with van der Waals surface area (Å²) in [6, 6.07) is 23.3. The van der Waals surface area contributed by atoms with Crippen LogP contribution in [0.15, 0.2) is 84.4 Å². The Morgan fingerprint density at radius 3 is 2.36 bits per heavy atom. The van der Waals surface area contributed by atoms with E-state index in [1.54, 1.807) is 49.6 Å².